The first-order chi connectivity index (χ1) is 16.9. The fourth-order valence-electron chi connectivity index (χ4n) is 3.31. The summed E-state index contributed by atoms with van der Waals surface area (Å²) in [6, 6.07) is 18.4. The Labute approximate surface area is 209 Å². The molecule has 0 fully saturated rings. The molecular formula is C28H24ClFN2O3. The lowest BCUT2D eigenvalue weighted by molar-refractivity contribution is -0.112. The Morgan fingerprint density at radius 2 is 1.89 bits per heavy atom. The molecule has 1 amide bonds. The first-order valence-electron chi connectivity index (χ1n) is 10.9. The highest BCUT2D eigenvalue weighted by atomic mass is 35.5. The highest BCUT2D eigenvalue weighted by molar-refractivity contribution is 6.30. The van der Waals surface area contributed by atoms with Crippen molar-refractivity contribution in [3.05, 3.63) is 106 Å². The zero-order valence-electron chi connectivity index (χ0n) is 19.2. The minimum absolute atomic E-state index is 0.0129. The fraction of sp³-hybridized carbons (Fsp3) is 0.143. The topological polar surface area (TPSA) is 71.4 Å². The number of hydrogen-bond acceptors (Lipinski definition) is 4. The molecule has 35 heavy (non-hydrogen) atoms. The smallest absolute Gasteiger partial charge is 0.266 e. The highest BCUT2D eigenvalue weighted by Crippen LogP contribution is 2.35. The third-order valence-electron chi connectivity index (χ3n) is 4.93. The number of carbonyl (C=O) groups excluding carboxylic acids is 1. The second-order valence-corrected chi connectivity index (χ2v) is 7.88. The number of nitrogens with one attached hydrogen (secondary N) is 1. The summed E-state index contributed by atoms with van der Waals surface area (Å²) in [7, 11) is 0. The minimum atomic E-state index is -0.557. The molecule has 0 unspecified atom stereocenters. The van der Waals surface area contributed by atoms with Gasteiger partial charge in [0.2, 0.25) is 0 Å². The summed E-state index contributed by atoms with van der Waals surface area (Å²) in [6.45, 7) is 6.00. The Morgan fingerprint density at radius 3 is 2.54 bits per heavy atom. The molecular weight excluding hydrogens is 467 g/mol. The van der Waals surface area contributed by atoms with Crippen LogP contribution in [-0.2, 0) is 17.8 Å². The van der Waals surface area contributed by atoms with E-state index in [4.69, 9.17) is 21.1 Å². The maximum absolute atomic E-state index is 14.1. The van der Waals surface area contributed by atoms with E-state index in [1.165, 1.54) is 12.1 Å². The van der Waals surface area contributed by atoms with Crippen molar-refractivity contribution in [2.24, 2.45) is 0 Å². The van der Waals surface area contributed by atoms with Gasteiger partial charge in [0.05, 0.1) is 6.61 Å². The Hall–Kier alpha value is -4.08. The maximum atomic E-state index is 14.1. The van der Waals surface area contributed by atoms with Crippen molar-refractivity contribution in [1.82, 2.24) is 0 Å². The SMILES string of the molecule is C=CCc1cc(/C=C(\C#N)C(=O)Nc2ccc(Cl)cc2)cc(OCC)c1OCc1ccccc1F. The van der Waals surface area contributed by atoms with Gasteiger partial charge in [-0.3, -0.25) is 4.79 Å². The van der Waals surface area contributed by atoms with Crippen LogP contribution in [0.2, 0.25) is 5.02 Å². The van der Waals surface area contributed by atoms with Crippen molar-refractivity contribution in [1.29, 1.82) is 5.26 Å². The number of carbonyl (C=O) groups is 1. The van der Waals surface area contributed by atoms with E-state index in [2.05, 4.69) is 11.9 Å². The zero-order valence-corrected chi connectivity index (χ0v) is 19.9. The molecule has 0 heterocycles. The summed E-state index contributed by atoms with van der Waals surface area (Å²) in [5.41, 5.74) is 2.14. The molecule has 0 radical (unpaired) electrons. The summed E-state index contributed by atoms with van der Waals surface area (Å²) in [6.07, 6.45) is 3.61. The number of benzene rings is 3. The van der Waals surface area contributed by atoms with Crippen LogP contribution in [0.3, 0.4) is 0 Å². The van der Waals surface area contributed by atoms with Gasteiger partial charge in [0.15, 0.2) is 11.5 Å². The Bertz CT molecular complexity index is 1280. The van der Waals surface area contributed by atoms with Crippen molar-refractivity contribution in [2.75, 3.05) is 11.9 Å². The van der Waals surface area contributed by atoms with Gasteiger partial charge >= 0.3 is 0 Å². The van der Waals surface area contributed by atoms with E-state index in [0.717, 1.165) is 5.56 Å². The molecule has 178 valence electrons. The van der Waals surface area contributed by atoms with Gasteiger partial charge in [-0.15, -0.1) is 6.58 Å². The number of ether oxygens (including phenoxy) is 2. The van der Waals surface area contributed by atoms with Crippen LogP contribution in [0.1, 0.15) is 23.6 Å². The van der Waals surface area contributed by atoms with Crippen molar-refractivity contribution >= 4 is 29.3 Å². The van der Waals surface area contributed by atoms with Crippen LogP contribution < -0.4 is 14.8 Å². The molecule has 0 aromatic heterocycles. The highest BCUT2D eigenvalue weighted by Gasteiger charge is 2.16. The molecule has 3 aromatic carbocycles. The predicted octanol–water partition coefficient (Wildman–Crippen LogP) is 6.73. The molecule has 0 atom stereocenters. The lowest BCUT2D eigenvalue weighted by atomic mass is 10.0. The van der Waals surface area contributed by atoms with Gasteiger partial charge in [-0.05, 0) is 67.4 Å². The summed E-state index contributed by atoms with van der Waals surface area (Å²) in [5, 5.41) is 12.8. The second kappa shape index (κ2) is 12.4. The molecule has 7 heteroatoms. The minimum Gasteiger partial charge on any atom is -0.490 e. The molecule has 0 aliphatic heterocycles. The van der Waals surface area contributed by atoms with Crippen LogP contribution >= 0.6 is 11.6 Å². The molecule has 0 saturated heterocycles. The van der Waals surface area contributed by atoms with Crippen molar-refractivity contribution in [3.63, 3.8) is 0 Å². The molecule has 0 aliphatic carbocycles. The van der Waals surface area contributed by atoms with Crippen LogP contribution in [0, 0.1) is 17.1 Å². The number of nitriles is 1. The third-order valence-corrected chi connectivity index (χ3v) is 5.18. The van der Waals surface area contributed by atoms with Gasteiger partial charge in [0, 0.05) is 21.8 Å². The van der Waals surface area contributed by atoms with Crippen LogP contribution in [-0.4, -0.2) is 12.5 Å². The largest absolute Gasteiger partial charge is 0.490 e. The van der Waals surface area contributed by atoms with E-state index < -0.39 is 5.91 Å². The molecule has 0 spiro atoms. The van der Waals surface area contributed by atoms with Gasteiger partial charge in [-0.2, -0.15) is 5.26 Å². The Morgan fingerprint density at radius 1 is 1.14 bits per heavy atom. The first kappa shape index (κ1) is 25.5. The standard InChI is InChI=1S/C28H24ClFN2O3/c1-3-7-20-14-19(15-22(17-31)28(33)32-24-12-10-23(29)11-13-24)16-26(34-4-2)27(20)35-18-21-8-5-6-9-25(21)30/h3,5-6,8-16H,1,4,7,18H2,2H3,(H,32,33)/b22-15+. The molecule has 0 bridgehead atoms. The molecule has 3 aromatic rings. The number of rotatable bonds is 10. The van der Waals surface area contributed by atoms with E-state index >= 15 is 0 Å². The molecule has 3 rings (SSSR count). The second-order valence-electron chi connectivity index (χ2n) is 7.44. The summed E-state index contributed by atoms with van der Waals surface area (Å²) >= 11 is 5.88. The average molecular weight is 491 g/mol. The van der Waals surface area contributed by atoms with Crippen LogP contribution in [0.25, 0.3) is 6.08 Å². The van der Waals surface area contributed by atoms with Crippen LogP contribution in [0.15, 0.2) is 78.9 Å². The summed E-state index contributed by atoms with van der Waals surface area (Å²) in [5.74, 6) is -0.0420. The maximum Gasteiger partial charge on any atom is 0.266 e. The molecule has 1 N–H and O–H groups in total. The van der Waals surface area contributed by atoms with Gasteiger partial charge in [0.25, 0.3) is 5.91 Å². The van der Waals surface area contributed by atoms with E-state index in [1.54, 1.807) is 60.7 Å². The third kappa shape index (κ3) is 6.95. The average Bonchev–Trinajstić information content (AvgIpc) is 2.84. The number of anilines is 1. The lowest BCUT2D eigenvalue weighted by Gasteiger charge is -2.17. The first-order valence-corrected chi connectivity index (χ1v) is 11.3. The van der Waals surface area contributed by atoms with Crippen LogP contribution in [0.4, 0.5) is 10.1 Å². The Balaban J connectivity index is 1.93. The van der Waals surface area contributed by atoms with Crippen molar-refractivity contribution in [2.45, 2.75) is 20.0 Å². The number of hydrogen-bond donors (Lipinski definition) is 1. The van der Waals surface area contributed by atoms with E-state index in [0.29, 0.717) is 46.4 Å². The number of halogens is 2. The Kier molecular flexibility index (Phi) is 9.05. The van der Waals surface area contributed by atoms with Crippen molar-refractivity contribution in [3.8, 4) is 17.6 Å². The molecule has 5 nitrogen and oxygen atoms in total. The summed E-state index contributed by atoms with van der Waals surface area (Å²) in [4.78, 5) is 12.7. The number of nitrogens with zero attached hydrogens (tertiary/aromatic N) is 1. The van der Waals surface area contributed by atoms with Gasteiger partial charge < -0.3 is 14.8 Å². The summed E-state index contributed by atoms with van der Waals surface area (Å²) < 4.78 is 25.8. The van der Waals surface area contributed by atoms with E-state index in [9.17, 15) is 14.4 Å². The number of allylic oxidation sites excluding steroid dienone is 1. The quantitative estimate of drug-likeness (QED) is 0.194. The van der Waals surface area contributed by atoms with Crippen LogP contribution in [0.5, 0.6) is 11.5 Å². The van der Waals surface area contributed by atoms with Gasteiger partial charge in [-0.25, -0.2) is 4.39 Å². The molecule has 0 saturated carbocycles. The fourth-order valence-corrected chi connectivity index (χ4v) is 3.44. The normalized spacial score (nSPS) is 10.9. The van der Waals surface area contributed by atoms with Crippen molar-refractivity contribution < 1.29 is 18.7 Å². The number of amides is 1. The lowest BCUT2D eigenvalue weighted by Crippen LogP contribution is -2.13. The van der Waals surface area contributed by atoms with Gasteiger partial charge in [-0.1, -0.05) is 35.9 Å². The van der Waals surface area contributed by atoms with Gasteiger partial charge in [0.1, 0.15) is 24.1 Å². The molecule has 0 aliphatic rings. The zero-order chi connectivity index (χ0) is 25.2. The van der Waals surface area contributed by atoms with E-state index in [1.807, 2.05) is 13.0 Å². The monoisotopic (exact) mass is 490 g/mol. The van der Waals surface area contributed by atoms with E-state index in [-0.39, 0.29) is 18.0 Å². The predicted molar refractivity (Wildman–Crippen MR) is 136 cm³/mol.